The lowest BCUT2D eigenvalue weighted by atomic mass is 9.98. The Morgan fingerprint density at radius 1 is 0.878 bits per heavy atom. The molecule has 2 rings (SSSR count). The van der Waals surface area contributed by atoms with Gasteiger partial charge in [0.25, 0.3) is 0 Å². The zero-order chi connectivity index (χ0) is 30.2. The summed E-state index contributed by atoms with van der Waals surface area (Å²) in [5.74, 6) is -0.908. The number of aryl methyl sites for hydroxylation is 1. The van der Waals surface area contributed by atoms with Crippen LogP contribution in [0.15, 0.2) is 6.20 Å². The number of rotatable bonds is 19. The van der Waals surface area contributed by atoms with Gasteiger partial charge in [-0.05, 0) is 19.8 Å². The summed E-state index contributed by atoms with van der Waals surface area (Å²) < 4.78 is 22.8. The number of hydrogen-bond donors (Lipinski definition) is 4. The van der Waals surface area contributed by atoms with Crippen LogP contribution < -0.4 is 4.74 Å². The van der Waals surface area contributed by atoms with Gasteiger partial charge in [-0.25, -0.2) is 0 Å². The molecule has 0 amide bonds. The van der Waals surface area contributed by atoms with E-state index in [2.05, 4.69) is 18.8 Å². The van der Waals surface area contributed by atoms with Gasteiger partial charge in [0.15, 0.2) is 6.10 Å². The molecule has 11 heteroatoms. The molecule has 0 bridgehead atoms. The van der Waals surface area contributed by atoms with Crippen LogP contribution in [0.3, 0.4) is 0 Å². The van der Waals surface area contributed by atoms with Crippen LogP contribution in [0, 0.1) is 6.92 Å². The van der Waals surface area contributed by atoms with E-state index in [0.717, 1.165) is 51.4 Å². The molecule has 1 aromatic heterocycles. The average molecular weight is 584 g/mol. The number of carbonyl (C=O) groups is 2. The quantitative estimate of drug-likeness (QED) is 0.139. The summed E-state index contributed by atoms with van der Waals surface area (Å²) in [4.78, 5) is 29.2. The fraction of sp³-hybridized carbons (Fsp3) is 0.767. The third-order valence-electron chi connectivity index (χ3n) is 7.25. The second kappa shape index (κ2) is 19.0. The van der Waals surface area contributed by atoms with Crippen molar-refractivity contribution in [2.24, 2.45) is 0 Å². The number of ether oxygens (including phenoxy) is 4. The molecule has 0 saturated carbocycles. The second-order valence-electron chi connectivity index (χ2n) is 10.6. The lowest BCUT2D eigenvalue weighted by Gasteiger charge is -2.41. The SMILES string of the molecule is CCCCCCCC(=O)OC[C@H]1O[C@H](Oc2c(C)ncc(CO)c2CO)[C@H](O)[C@@H](O)[C@@H]1OC(=O)CCCCCCC. The molecule has 1 fully saturated rings. The van der Waals surface area contributed by atoms with Gasteiger partial charge in [-0.15, -0.1) is 0 Å². The monoisotopic (exact) mass is 583 g/mol. The molecular formula is C30H49NO10. The van der Waals surface area contributed by atoms with Gasteiger partial charge in [0.2, 0.25) is 6.29 Å². The highest BCUT2D eigenvalue weighted by Gasteiger charge is 2.48. The predicted molar refractivity (Wildman–Crippen MR) is 150 cm³/mol. The van der Waals surface area contributed by atoms with Crippen molar-refractivity contribution < 1.29 is 49.0 Å². The maximum atomic E-state index is 12.6. The first-order valence-electron chi connectivity index (χ1n) is 15.0. The number of aliphatic hydroxyl groups excluding tert-OH is 4. The number of pyridine rings is 1. The highest BCUT2D eigenvalue weighted by atomic mass is 16.7. The molecular weight excluding hydrogens is 534 g/mol. The molecule has 0 spiro atoms. The lowest BCUT2D eigenvalue weighted by molar-refractivity contribution is -0.282. The molecule has 1 aromatic rings. The van der Waals surface area contributed by atoms with Crippen molar-refractivity contribution in [2.45, 2.75) is 142 Å². The average Bonchev–Trinajstić information content (AvgIpc) is 2.96. The Kier molecular flexibility index (Phi) is 16.2. The van der Waals surface area contributed by atoms with Crippen LogP contribution >= 0.6 is 0 Å². The first-order chi connectivity index (χ1) is 19.8. The molecule has 11 nitrogen and oxygen atoms in total. The van der Waals surface area contributed by atoms with Gasteiger partial charge in [0, 0.05) is 30.2 Å². The molecule has 1 saturated heterocycles. The molecule has 41 heavy (non-hydrogen) atoms. The lowest BCUT2D eigenvalue weighted by Crippen LogP contribution is -2.61. The van der Waals surface area contributed by atoms with E-state index in [1.54, 1.807) is 6.92 Å². The Labute approximate surface area is 243 Å². The van der Waals surface area contributed by atoms with E-state index in [1.807, 2.05) is 0 Å². The zero-order valence-electron chi connectivity index (χ0n) is 24.8. The van der Waals surface area contributed by atoms with Crippen LogP contribution in [0.4, 0.5) is 0 Å². The van der Waals surface area contributed by atoms with Crippen molar-refractivity contribution in [3.63, 3.8) is 0 Å². The molecule has 4 N–H and O–H groups in total. The summed E-state index contributed by atoms with van der Waals surface area (Å²) in [6, 6.07) is 0. The van der Waals surface area contributed by atoms with Crippen LogP contribution in [-0.4, -0.2) is 74.7 Å². The minimum absolute atomic E-state index is 0.0839. The number of aromatic nitrogens is 1. The molecule has 0 unspecified atom stereocenters. The largest absolute Gasteiger partial charge is 0.463 e. The third kappa shape index (κ3) is 11.1. The van der Waals surface area contributed by atoms with E-state index in [4.69, 9.17) is 18.9 Å². The Balaban J connectivity index is 2.14. The van der Waals surface area contributed by atoms with Crippen LogP contribution in [0.25, 0.3) is 0 Å². The first-order valence-corrected chi connectivity index (χ1v) is 15.0. The summed E-state index contributed by atoms with van der Waals surface area (Å²) in [6.07, 6.45) is 4.14. The van der Waals surface area contributed by atoms with Gasteiger partial charge in [0.05, 0.1) is 18.9 Å². The standard InChI is InChI=1S/C30H49NO10/c1-4-6-8-10-12-14-24(34)38-19-23-29(40-25(35)15-13-11-9-7-5-2)26(36)27(37)30(39-23)41-28-20(3)31-16-21(17-32)22(28)18-33/h16,23,26-27,29-30,32-33,36-37H,4-15,17-19H2,1-3H3/t23-,26-,27-,29-,30-/m1/s1. The smallest absolute Gasteiger partial charge is 0.306 e. The maximum Gasteiger partial charge on any atom is 0.306 e. The number of unbranched alkanes of at least 4 members (excludes halogenated alkanes) is 8. The van der Waals surface area contributed by atoms with E-state index in [0.29, 0.717) is 24.1 Å². The highest BCUT2D eigenvalue weighted by molar-refractivity contribution is 5.70. The van der Waals surface area contributed by atoms with E-state index in [9.17, 15) is 30.0 Å². The molecule has 0 aliphatic carbocycles. The van der Waals surface area contributed by atoms with Crippen molar-refractivity contribution in [2.75, 3.05) is 6.61 Å². The zero-order valence-corrected chi connectivity index (χ0v) is 24.8. The number of carbonyl (C=O) groups excluding carboxylic acids is 2. The summed E-state index contributed by atoms with van der Waals surface area (Å²) >= 11 is 0. The summed E-state index contributed by atoms with van der Waals surface area (Å²) in [5.41, 5.74) is 0.946. The van der Waals surface area contributed by atoms with Crippen LogP contribution in [-0.2, 0) is 37.0 Å². The fourth-order valence-electron chi connectivity index (χ4n) is 4.74. The fourth-order valence-corrected chi connectivity index (χ4v) is 4.74. The number of aliphatic hydroxyl groups is 4. The van der Waals surface area contributed by atoms with Gasteiger partial charge in [0.1, 0.15) is 30.7 Å². The summed E-state index contributed by atoms with van der Waals surface area (Å²) in [5, 5.41) is 41.4. The van der Waals surface area contributed by atoms with Crippen molar-refractivity contribution in [1.29, 1.82) is 0 Å². The summed E-state index contributed by atoms with van der Waals surface area (Å²) in [6.45, 7) is 4.63. The molecule has 1 aliphatic heterocycles. The normalized spacial score (nSPS) is 22.4. The van der Waals surface area contributed by atoms with E-state index in [1.165, 1.54) is 6.20 Å². The van der Waals surface area contributed by atoms with Gasteiger partial charge >= 0.3 is 11.9 Å². The van der Waals surface area contributed by atoms with Crippen LogP contribution in [0.5, 0.6) is 5.75 Å². The number of esters is 2. The van der Waals surface area contributed by atoms with Crippen LogP contribution in [0.1, 0.15) is 108 Å². The minimum atomic E-state index is -1.65. The molecule has 234 valence electrons. The van der Waals surface area contributed by atoms with E-state index < -0.39 is 55.9 Å². The number of nitrogens with zero attached hydrogens (tertiary/aromatic N) is 1. The topological polar surface area (TPSA) is 165 Å². The summed E-state index contributed by atoms with van der Waals surface area (Å²) in [7, 11) is 0. The maximum absolute atomic E-state index is 12.6. The molecule has 5 atom stereocenters. The van der Waals surface area contributed by atoms with Gasteiger partial charge in [-0.1, -0.05) is 65.2 Å². The number of hydrogen-bond acceptors (Lipinski definition) is 11. The van der Waals surface area contributed by atoms with Crippen molar-refractivity contribution >= 4 is 11.9 Å². The Morgan fingerprint density at radius 2 is 1.49 bits per heavy atom. The second-order valence-corrected chi connectivity index (χ2v) is 10.6. The van der Waals surface area contributed by atoms with Crippen molar-refractivity contribution in [3.05, 3.63) is 23.0 Å². The molecule has 1 aliphatic rings. The van der Waals surface area contributed by atoms with E-state index in [-0.39, 0.29) is 30.8 Å². The Bertz CT molecular complexity index is 927. The van der Waals surface area contributed by atoms with Gasteiger partial charge in [-0.2, -0.15) is 0 Å². The minimum Gasteiger partial charge on any atom is -0.463 e. The van der Waals surface area contributed by atoms with Gasteiger partial charge < -0.3 is 39.4 Å². The van der Waals surface area contributed by atoms with Crippen molar-refractivity contribution in [1.82, 2.24) is 4.98 Å². The van der Waals surface area contributed by atoms with Crippen molar-refractivity contribution in [3.8, 4) is 5.75 Å². The molecule has 0 aromatic carbocycles. The molecule has 0 radical (unpaired) electrons. The van der Waals surface area contributed by atoms with Crippen LogP contribution in [0.2, 0.25) is 0 Å². The Hall–Kier alpha value is -2.31. The van der Waals surface area contributed by atoms with E-state index >= 15 is 0 Å². The first kappa shape index (κ1) is 34.9. The molecule has 2 heterocycles. The highest BCUT2D eigenvalue weighted by Crippen LogP contribution is 2.31. The Morgan fingerprint density at radius 3 is 2.07 bits per heavy atom. The third-order valence-corrected chi connectivity index (χ3v) is 7.25. The predicted octanol–water partition coefficient (Wildman–Crippen LogP) is 3.38. The van der Waals surface area contributed by atoms with Gasteiger partial charge in [-0.3, -0.25) is 14.6 Å².